The highest BCUT2D eigenvalue weighted by Crippen LogP contribution is 2.25. The molecular formula is C17H24N2O. The first-order chi connectivity index (χ1) is 9.79. The zero-order valence-electron chi connectivity index (χ0n) is 12.3. The second-order valence-corrected chi connectivity index (χ2v) is 5.97. The molecule has 0 atom stereocenters. The van der Waals surface area contributed by atoms with Crippen molar-refractivity contribution < 1.29 is 4.79 Å². The van der Waals surface area contributed by atoms with Crippen molar-refractivity contribution in [2.75, 3.05) is 6.54 Å². The summed E-state index contributed by atoms with van der Waals surface area (Å²) >= 11 is 0. The molecule has 3 nitrogen and oxygen atoms in total. The Morgan fingerprint density at radius 1 is 1.20 bits per heavy atom. The first-order valence-corrected chi connectivity index (χ1v) is 7.93. The number of hydrogen-bond acceptors (Lipinski definition) is 2. The molecule has 1 heterocycles. The van der Waals surface area contributed by atoms with Crippen molar-refractivity contribution in [1.82, 2.24) is 10.2 Å². The monoisotopic (exact) mass is 272 g/mol. The fourth-order valence-corrected chi connectivity index (χ4v) is 3.55. The van der Waals surface area contributed by atoms with Crippen LogP contribution in [-0.4, -0.2) is 23.4 Å². The SMILES string of the molecule is CCN(C(=O)c1ccc2c(c1)CNC2)C1CCCCC1. The molecule has 108 valence electrons. The number of rotatable bonds is 3. The fraction of sp³-hybridized carbons (Fsp3) is 0.588. The summed E-state index contributed by atoms with van der Waals surface area (Å²) in [5, 5.41) is 3.34. The predicted molar refractivity (Wildman–Crippen MR) is 80.6 cm³/mol. The summed E-state index contributed by atoms with van der Waals surface area (Å²) in [7, 11) is 0. The molecule has 0 bridgehead atoms. The van der Waals surface area contributed by atoms with Crippen molar-refractivity contribution in [1.29, 1.82) is 0 Å². The van der Waals surface area contributed by atoms with Crippen LogP contribution in [0.1, 0.15) is 60.5 Å². The third kappa shape index (κ3) is 2.59. The molecule has 1 fully saturated rings. The van der Waals surface area contributed by atoms with Crippen molar-refractivity contribution in [3.05, 3.63) is 34.9 Å². The number of benzene rings is 1. The van der Waals surface area contributed by atoms with Crippen LogP contribution in [0.3, 0.4) is 0 Å². The molecule has 3 rings (SSSR count). The second kappa shape index (κ2) is 5.96. The highest BCUT2D eigenvalue weighted by atomic mass is 16.2. The lowest BCUT2D eigenvalue weighted by Gasteiger charge is -2.33. The van der Waals surface area contributed by atoms with Crippen molar-refractivity contribution in [3.63, 3.8) is 0 Å². The van der Waals surface area contributed by atoms with Gasteiger partial charge in [0.15, 0.2) is 0 Å². The van der Waals surface area contributed by atoms with Gasteiger partial charge in [-0.15, -0.1) is 0 Å². The van der Waals surface area contributed by atoms with Gasteiger partial charge in [0, 0.05) is 31.2 Å². The molecule has 1 aromatic carbocycles. The topological polar surface area (TPSA) is 32.3 Å². The van der Waals surface area contributed by atoms with Crippen LogP contribution in [0, 0.1) is 0 Å². The molecule has 1 aliphatic carbocycles. The van der Waals surface area contributed by atoms with Gasteiger partial charge in [-0.3, -0.25) is 4.79 Å². The smallest absolute Gasteiger partial charge is 0.254 e. The molecular weight excluding hydrogens is 248 g/mol. The summed E-state index contributed by atoms with van der Waals surface area (Å²) in [6, 6.07) is 6.65. The van der Waals surface area contributed by atoms with Gasteiger partial charge >= 0.3 is 0 Å². The summed E-state index contributed by atoms with van der Waals surface area (Å²) in [6.45, 7) is 4.75. The van der Waals surface area contributed by atoms with Crippen LogP contribution in [0.5, 0.6) is 0 Å². The molecule has 1 aliphatic heterocycles. The lowest BCUT2D eigenvalue weighted by atomic mass is 9.93. The lowest BCUT2D eigenvalue weighted by Crippen LogP contribution is -2.41. The minimum Gasteiger partial charge on any atom is -0.336 e. The van der Waals surface area contributed by atoms with Gasteiger partial charge in [-0.1, -0.05) is 25.3 Å². The van der Waals surface area contributed by atoms with E-state index >= 15 is 0 Å². The number of nitrogens with one attached hydrogen (secondary N) is 1. The van der Waals surface area contributed by atoms with E-state index in [1.165, 1.54) is 43.2 Å². The molecule has 0 aromatic heterocycles. The van der Waals surface area contributed by atoms with Gasteiger partial charge in [0.05, 0.1) is 0 Å². The molecule has 20 heavy (non-hydrogen) atoms. The van der Waals surface area contributed by atoms with E-state index in [0.29, 0.717) is 6.04 Å². The standard InChI is InChI=1S/C17H24N2O/c1-2-19(16-6-4-3-5-7-16)17(20)13-8-9-14-11-18-12-15(14)10-13/h8-10,16,18H,2-7,11-12H2,1H3. The zero-order valence-corrected chi connectivity index (χ0v) is 12.3. The average Bonchev–Trinajstić information content (AvgIpc) is 2.96. The number of carbonyl (C=O) groups is 1. The lowest BCUT2D eigenvalue weighted by molar-refractivity contribution is 0.0648. The second-order valence-electron chi connectivity index (χ2n) is 5.97. The van der Waals surface area contributed by atoms with Crippen LogP contribution in [0.15, 0.2) is 18.2 Å². The molecule has 0 unspecified atom stereocenters. The Morgan fingerprint density at radius 3 is 2.70 bits per heavy atom. The third-order valence-electron chi connectivity index (χ3n) is 4.70. The van der Waals surface area contributed by atoms with Gasteiger partial charge in [0.1, 0.15) is 0 Å². The number of nitrogens with zero attached hydrogens (tertiary/aromatic N) is 1. The molecule has 1 N–H and O–H groups in total. The first kappa shape index (κ1) is 13.6. The van der Waals surface area contributed by atoms with E-state index in [1.54, 1.807) is 0 Å². The number of fused-ring (bicyclic) bond motifs is 1. The first-order valence-electron chi connectivity index (χ1n) is 7.93. The van der Waals surface area contributed by atoms with E-state index in [1.807, 2.05) is 6.07 Å². The summed E-state index contributed by atoms with van der Waals surface area (Å²) < 4.78 is 0. The Labute approximate surface area is 121 Å². The van der Waals surface area contributed by atoms with Gasteiger partial charge in [-0.25, -0.2) is 0 Å². The van der Waals surface area contributed by atoms with E-state index in [2.05, 4.69) is 29.3 Å². The van der Waals surface area contributed by atoms with Crippen LogP contribution in [0.4, 0.5) is 0 Å². The fourth-order valence-electron chi connectivity index (χ4n) is 3.55. The highest BCUT2D eigenvalue weighted by molar-refractivity contribution is 5.94. The van der Waals surface area contributed by atoms with E-state index in [9.17, 15) is 4.79 Å². The molecule has 3 heteroatoms. The van der Waals surface area contributed by atoms with Crippen molar-refractivity contribution in [2.45, 2.75) is 58.2 Å². The number of carbonyl (C=O) groups excluding carboxylic acids is 1. The number of amides is 1. The molecule has 0 radical (unpaired) electrons. The van der Waals surface area contributed by atoms with E-state index in [0.717, 1.165) is 25.2 Å². The van der Waals surface area contributed by atoms with Crippen LogP contribution in [0.2, 0.25) is 0 Å². The predicted octanol–water partition coefficient (Wildman–Crippen LogP) is 3.08. The normalized spacial score (nSPS) is 18.9. The maximum atomic E-state index is 12.8. The Morgan fingerprint density at radius 2 is 1.95 bits per heavy atom. The Bertz CT molecular complexity index is 492. The molecule has 1 saturated carbocycles. The third-order valence-corrected chi connectivity index (χ3v) is 4.70. The minimum atomic E-state index is 0.217. The van der Waals surface area contributed by atoms with Gasteiger partial charge in [0.25, 0.3) is 5.91 Å². The number of hydrogen-bond donors (Lipinski definition) is 1. The molecule has 1 aromatic rings. The van der Waals surface area contributed by atoms with Crippen molar-refractivity contribution >= 4 is 5.91 Å². The summed E-state index contributed by atoms with van der Waals surface area (Å²) in [6.07, 6.45) is 6.20. The minimum absolute atomic E-state index is 0.217. The Kier molecular flexibility index (Phi) is 4.06. The molecule has 2 aliphatic rings. The zero-order chi connectivity index (χ0) is 13.9. The average molecular weight is 272 g/mol. The van der Waals surface area contributed by atoms with E-state index < -0.39 is 0 Å². The largest absolute Gasteiger partial charge is 0.336 e. The Hall–Kier alpha value is -1.35. The summed E-state index contributed by atoms with van der Waals surface area (Å²) in [5.41, 5.74) is 3.48. The molecule has 0 saturated heterocycles. The van der Waals surface area contributed by atoms with Gasteiger partial charge < -0.3 is 10.2 Å². The van der Waals surface area contributed by atoms with Crippen LogP contribution in [-0.2, 0) is 13.1 Å². The van der Waals surface area contributed by atoms with Gasteiger partial charge in [0.2, 0.25) is 0 Å². The van der Waals surface area contributed by atoms with E-state index in [-0.39, 0.29) is 5.91 Å². The highest BCUT2D eigenvalue weighted by Gasteiger charge is 2.25. The maximum absolute atomic E-state index is 12.8. The summed E-state index contributed by atoms with van der Waals surface area (Å²) in [5.74, 6) is 0.217. The van der Waals surface area contributed by atoms with Gasteiger partial charge in [-0.2, -0.15) is 0 Å². The molecule has 1 amide bonds. The van der Waals surface area contributed by atoms with Crippen LogP contribution in [0.25, 0.3) is 0 Å². The summed E-state index contributed by atoms with van der Waals surface area (Å²) in [4.78, 5) is 14.9. The van der Waals surface area contributed by atoms with Gasteiger partial charge in [-0.05, 0) is 43.0 Å². The van der Waals surface area contributed by atoms with Crippen LogP contribution < -0.4 is 5.32 Å². The van der Waals surface area contributed by atoms with Crippen molar-refractivity contribution in [3.8, 4) is 0 Å². The van der Waals surface area contributed by atoms with Crippen molar-refractivity contribution in [2.24, 2.45) is 0 Å². The maximum Gasteiger partial charge on any atom is 0.254 e. The quantitative estimate of drug-likeness (QED) is 0.917. The van der Waals surface area contributed by atoms with E-state index in [4.69, 9.17) is 0 Å². The Balaban J connectivity index is 1.79. The molecule has 0 spiro atoms. The van der Waals surface area contributed by atoms with Crippen LogP contribution >= 0.6 is 0 Å².